The first-order chi connectivity index (χ1) is 20.6. The number of para-hydroxylation sites is 2. The van der Waals surface area contributed by atoms with Gasteiger partial charge in [-0.05, 0) is 100.0 Å². The lowest BCUT2D eigenvalue weighted by molar-refractivity contribution is 0.977. The molecule has 0 bridgehead atoms. The number of nitrogens with zero attached hydrogens (tertiary/aromatic N) is 2. The largest absolute Gasteiger partial charge is 0.297 e. The second kappa shape index (κ2) is 9.71. The molecule has 0 aliphatic heterocycles. The van der Waals surface area contributed by atoms with Gasteiger partial charge in [0.15, 0.2) is 0 Å². The van der Waals surface area contributed by atoms with Gasteiger partial charge in [-0.15, -0.1) is 0 Å². The summed E-state index contributed by atoms with van der Waals surface area (Å²) in [6.45, 7) is 4.31. The minimum absolute atomic E-state index is 0.345. The van der Waals surface area contributed by atoms with Gasteiger partial charge in [-0.3, -0.25) is 4.57 Å². The molecule has 1 heterocycles. The second-order valence-corrected chi connectivity index (χ2v) is 11.4. The van der Waals surface area contributed by atoms with Crippen molar-refractivity contribution in [3.8, 4) is 27.9 Å². The third-order valence-corrected chi connectivity index (χ3v) is 8.75. The van der Waals surface area contributed by atoms with Crippen LogP contribution in [0.25, 0.3) is 55.8 Å². The molecule has 0 saturated heterocycles. The van der Waals surface area contributed by atoms with E-state index < -0.39 is 0 Å². The van der Waals surface area contributed by atoms with Crippen LogP contribution in [0.2, 0.25) is 0 Å². The fraction of sp³-hybridized carbons (Fsp3) is 0.0750. The van der Waals surface area contributed by atoms with Crippen LogP contribution in [0, 0.1) is 6.92 Å². The molecule has 0 amide bonds. The van der Waals surface area contributed by atoms with Gasteiger partial charge in [0.05, 0.1) is 11.0 Å². The molecule has 1 atom stereocenters. The van der Waals surface area contributed by atoms with Crippen LogP contribution < -0.4 is 0 Å². The number of rotatable bonds is 4. The molecule has 42 heavy (non-hydrogen) atoms. The Balaban J connectivity index is 1.09. The molecule has 0 N–H and O–H groups in total. The monoisotopic (exact) mass is 538 g/mol. The van der Waals surface area contributed by atoms with E-state index in [0.717, 1.165) is 22.5 Å². The summed E-state index contributed by atoms with van der Waals surface area (Å²) in [6, 6.07) is 48.5. The Bertz CT molecular complexity index is 2140. The lowest BCUT2D eigenvalue weighted by Gasteiger charge is -2.16. The van der Waals surface area contributed by atoms with E-state index in [0.29, 0.717) is 5.92 Å². The van der Waals surface area contributed by atoms with Gasteiger partial charge in [0.1, 0.15) is 5.82 Å². The zero-order valence-corrected chi connectivity index (χ0v) is 23.8. The maximum absolute atomic E-state index is 4.73. The smallest absolute Gasteiger partial charge is 0.111 e. The number of hydrogen-bond acceptors (Lipinski definition) is 1. The maximum Gasteiger partial charge on any atom is 0.111 e. The second-order valence-electron chi connectivity index (χ2n) is 11.4. The number of imidazole rings is 1. The van der Waals surface area contributed by atoms with E-state index in [-0.39, 0.29) is 0 Å². The molecule has 0 fully saturated rings. The van der Waals surface area contributed by atoms with Crippen molar-refractivity contribution in [2.45, 2.75) is 19.8 Å². The molecule has 1 aliphatic rings. The summed E-state index contributed by atoms with van der Waals surface area (Å²) in [5.74, 6) is 1.34. The van der Waals surface area contributed by atoms with Crippen LogP contribution in [0.1, 0.15) is 35.4 Å². The molecule has 200 valence electrons. The van der Waals surface area contributed by atoms with Gasteiger partial charge in [0.25, 0.3) is 0 Å². The average Bonchev–Trinajstić information content (AvgIpc) is 3.55. The highest BCUT2D eigenvalue weighted by Crippen LogP contribution is 2.41. The van der Waals surface area contributed by atoms with Crippen molar-refractivity contribution < 1.29 is 0 Å². The first-order valence-corrected chi connectivity index (χ1v) is 14.6. The molecular formula is C40H30N2. The number of benzene rings is 6. The predicted molar refractivity (Wildman–Crippen MR) is 176 cm³/mol. The summed E-state index contributed by atoms with van der Waals surface area (Å²) in [4.78, 5) is 4.73. The number of allylic oxidation sites excluding steroid dienone is 1. The van der Waals surface area contributed by atoms with Gasteiger partial charge >= 0.3 is 0 Å². The number of aryl methyl sites for hydroxylation is 1. The molecule has 7 aromatic rings. The summed E-state index contributed by atoms with van der Waals surface area (Å²) in [6.07, 6.45) is 2.32. The molecule has 0 spiro atoms. The molecule has 0 radical (unpaired) electrons. The van der Waals surface area contributed by atoms with Crippen LogP contribution >= 0.6 is 0 Å². The standard InChI is InChI=1S/C40H30N2/c1-26-23-34-7-3-4-8-37(34)40(26)31-15-11-28(12-16-31)32-17-13-30-14-18-33(25-35(30)24-32)29-19-21-36(22-20-29)42-27(2)41-38-9-5-6-10-39(38)42/h3-25,40H,1-2H3. The van der Waals surface area contributed by atoms with E-state index in [1.54, 1.807) is 0 Å². The lowest BCUT2D eigenvalue weighted by atomic mass is 9.88. The highest BCUT2D eigenvalue weighted by molar-refractivity contribution is 5.91. The maximum atomic E-state index is 4.73. The van der Waals surface area contributed by atoms with Crippen molar-refractivity contribution >= 4 is 27.9 Å². The lowest BCUT2D eigenvalue weighted by Crippen LogP contribution is -1.99. The minimum Gasteiger partial charge on any atom is -0.297 e. The Morgan fingerprint density at radius 1 is 0.571 bits per heavy atom. The van der Waals surface area contributed by atoms with Crippen molar-refractivity contribution in [2.75, 3.05) is 0 Å². The van der Waals surface area contributed by atoms with Crippen LogP contribution in [0.15, 0.2) is 139 Å². The predicted octanol–water partition coefficient (Wildman–Crippen LogP) is 10.4. The molecule has 0 saturated carbocycles. The van der Waals surface area contributed by atoms with Crippen LogP contribution in [0.4, 0.5) is 0 Å². The molecule has 8 rings (SSSR count). The summed E-state index contributed by atoms with van der Waals surface area (Å²) in [5, 5.41) is 2.50. The molecule has 6 aromatic carbocycles. The summed E-state index contributed by atoms with van der Waals surface area (Å²) in [7, 11) is 0. The fourth-order valence-electron chi connectivity index (χ4n) is 6.67. The van der Waals surface area contributed by atoms with Crippen LogP contribution in [-0.4, -0.2) is 9.55 Å². The van der Waals surface area contributed by atoms with Crippen molar-refractivity contribution in [3.05, 3.63) is 162 Å². The third-order valence-electron chi connectivity index (χ3n) is 8.75. The van der Waals surface area contributed by atoms with Crippen molar-refractivity contribution in [3.63, 3.8) is 0 Å². The first-order valence-electron chi connectivity index (χ1n) is 14.6. The topological polar surface area (TPSA) is 17.8 Å². The van der Waals surface area contributed by atoms with Gasteiger partial charge in [-0.1, -0.05) is 109 Å². The molecule has 2 heteroatoms. The van der Waals surface area contributed by atoms with E-state index in [4.69, 9.17) is 4.98 Å². The van der Waals surface area contributed by atoms with Crippen molar-refractivity contribution in [1.29, 1.82) is 0 Å². The van der Waals surface area contributed by atoms with Crippen molar-refractivity contribution in [2.24, 2.45) is 0 Å². The zero-order valence-electron chi connectivity index (χ0n) is 23.8. The van der Waals surface area contributed by atoms with E-state index in [1.165, 1.54) is 55.3 Å². The molecule has 1 aliphatic carbocycles. The molecule has 1 aromatic heterocycles. The molecular weight excluding hydrogens is 508 g/mol. The Morgan fingerprint density at radius 3 is 1.93 bits per heavy atom. The molecule has 1 unspecified atom stereocenters. The highest BCUT2D eigenvalue weighted by atomic mass is 15.1. The van der Waals surface area contributed by atoms with Crippen LogP contribution in [0.3, 0.4) is 0 Å². The first kappa shape index (κ1) is 24.6. The zero-order chi connectivity index (χ0) is 28.2. The Morgan fingerprint density at radius 2 is 1.19 bits per heavy atom. The van der Waals surface area contributed by atoms with E-state index in [9.17, 15) is 0 Å². The van der Waals surface area contributed by atoms with Crippen LogP contribution in [0.5, 0.6) is 0 Å². The van der Waals surface area contributed by atoms with Crippen LogP contribution in [-0.2, 0) is 0 Å². The van der Waals surface area contributed by atoms with Gasteiger partial charge < -0.3 is 0 Å². The van der Waals surface area contributed by atoms with E-state index in [2.05, 4.69) is 152 Å². The number of fused-ring (bicyclic) bond motifs is 3. The number of hydrogen-bond donors (Lipinski definition) is 0. The Kier molecular flexibility index (Phi) is 5.68. The van der Waals surface area contributed by atoms with Gasteiger partial charge in [-0.2, -0.15) is 0 Å². The summed E-state index contributed by atoms with van der Waals surface area (Å²) >= 11 is 0. The van der Waals surface area contributed by atoms with Gasteiger partial charge in [0.2, 0.25) is 0 Å². The van der Waals surface area contributed by atoms with Crippen molar-refractivity contribution in [1.82, 2.24) is 9.55 Å². The van der Waals surface area contributed by atoms with E-state index in [1.807, 2.05) is 6.07 Å². The Labute approximate surface area is 246 Å². The van der Waals surface area contributed by atoms with Gasteiger partial charge in [-0.25, -0.2) is 4.98 Å². The average molecular weight is 539 g/mol. The summed E-state index contributed by atoms with van der Waals surface area (Å²) in [5.41, 5.74) is 13.7. The van der Waals surface area contributed by atoms with E-state index >= 15 is 0 Å². The highest BCUT2D eigenvalue weighted by Gasteiger charge is 2.23. The normalized spacial score (nSPS) is 14.3. The number of aromatic nitrogens is 2. The minimum atomic E-state index is 0.345. The quantitative estimate of drug-likeness (QED) is 0.218. The third kappa shape index (κ3) is 4.07. The fourth-order valence-corrected chi connectivity index (χ4v) is 6.67. The summed E-state index contributed by atoms with van der Waals surface area (Å²) < 4.78 is 2.22. The SMILES string of the molecule is CC1=Cc2ccccc2C1c1ccc(-c2ccc3ccc(-c4ccc(-n5c(C)nc6ccccc65)cc4)cc3c2)cc1. The molecule has 2 nitrogen and oxygen atoms in total. The van der Waals surface area contributed by atoms with Gasteiger partial charge in [0, 0.05) is 11.6 Å². The Hall–Kier alpha value is -5.21.